The van der Waals surface area contributed by atoms with Crippen LogP contribution in [0.2, 0.25) is 0 Å². The molecule has 0 spiro atoms. The highest BCUT2D eigenvalue weighted by molar-refractivity contribution is 5.40. The molecule has 0 aromatic heterocycles. The fraction of sp³-hybridized carbons (Fsp3) is 0.250. The van der Waals surface area contributed by atoms with Crippen LogP contribution in [0.4, 0.5) is 4.39 Å². The molecule has 0 saturated heterocycles. The molecule has 106 valence electrons. The van der Waals surface area contributed by atoms with Crippen LogP contribution in [0.15, 0.2) is 42.5 Å². The van der Waals surface area contributed by atoms with Crippen LogP contribution < -0.4 is 4.74 Å². The number of halogens is 1. The van der Waals surface area contributed by atoms with Gasteiger partial charge < -0.3 is 14.6 Å². The topological polar surface area (TPSA) is 38.7 Å². The number of hydrogen-bond acceptors (Lipinski definition) is 3. The Morgan fingerprint density at radius 1 is 1.20 bits per heavy atom. The SMILES string of the molecule is COCc1cccc(Oc2cccc(F)c2[C@@H](C)O)c1. The first-order chi connectivity index (χ1) is 9.61. The van der Waals surface area contributed by atoms with E-state index in [4.69, 9.17) is 9.47 Å². The van der Waals surface area contributed by atoms with E-state index in [1.54, 1.807) is 25.3 Å². The molecule has 0 amide bonds. The molecule has 2 aromatic rings. The van der Waals surface area contributed by atoms with Crippen molar-refractivity contribution in [2.24, 2.45) is 0 Å². The van der Waals surface area contributed by atoms with Gasteiger partial charge in [-0.15, -0.1) is 0 Å². The van der Waals surface area contributed by atoms with Gasteiger partial charge in [0.05, 0.1) is 18.3 Å². The maximum Gasteiger partial charge on any atom is 0.136 e. The van der Waals surface area contributed by atoms with E-state index in [1.165, 1.54) is 13.0 Å². The van der Waals surface area contributed by atoms with Crippen molar-refractivity contribution < 1.29 is 19.0 Å². The van der Waals surface area contributed by atoms with Gasteiger partial charge in [-0.3, -0.25) is 0 Å². The highest BCUT2D eigenvalue weighted by Gasteiger charge is 2.15. The Kier molecular flexibility index (Phi) is 4.71. The lowest BCUT2D eigenvalue weighted by Crippen LogP contribution is -2.00. The zero-order chi connectivity index (χ0) is 14.5. The average molecular weight is 276 g/mol. The van der Waals surface area contributed by atoms with Crippen LogP contribution in [0.1, 0.15) is 24.2 Å². The summed E-state index contributed by atoms with van der Waals surface area (Å²) in [6, 6.07) is 11.8. The quantitative estimate of drug-likeness (QED) is 0.902. The smallest absolute Gasteiger partial charge is 0.136 e. The van der Waals surface area contributed by atoms with Crippen LogP contribution in [0.5, 0.6) is 11.5 Å². The molecule has 0 aliphatic heterocycles. The second-order valence-corrected chi connectivity index (χ2v) is 4.51. The third-order valence-electron chi connectivity index (χ3n) is 2.87. The molecule has 0 fully saturated rings. The molecule has 2 rings (SSSR count). The third kappa shape index (κ3) is 3.35. The van der Waals surface area contributed by atoms with Gasteiger partial charge in [-0.2, -0.15) is 0 Å². The summed E-state index contributed by atoms with van der Waals surface area (Å²) in [5.41, 5.74) is 1.12. The molecule has 0 bridgehead atoms. The standard InChI is InChI=1S/C16H17FO3/c1-11(18)16-14(17)7-4-8-15(16)20-13-6-3-5-12(9-13)10-19-2/h3-9,11,18H,10H2,1-2H3/t11-/m1/s1. The second-order valence-electron chi connectivity index (χ2n) is 4.51. The minimum Gasteiger partial charge on any atom is -0.457 e. The monoisotopic (exact) mass is 276 g/mol. The zero-order valence-electron chi connectivity index (χ0n) is 11.5. The van der Waals surface area contributed by atoms with E-state index in [-0.39, 0.29) is 5.56 Å². The summed E-state index contributed by atoms with van der Waals surface area (Å²) in [4.78, 5) is 0. The van der Waals surface area contributed by atoms with Gasteiger partial charge in [-0.25, -0.2) is 4.39 Å². The van der Waals surface area contributed by atoms with E-state index in [2.05, 4.69) is 0 Å². The highest BCUT2D eigenvalue weighted by Crippen LogP contribution is 2.31. The van der Waals surface area contributed by atoms with Crippen LogP contribution in [0.3, 0.4) is 0 Å². The van der Waals surface area contributed by atoms with Gasteiger partial charge in [0.25, 0.3) is 0 Å². The predicted molar refractivity (Wildman–Crippen MR) is 74.3 cm³/mol. The number of hydrogen-bond donors (Lipinski definition) is 1. The molecule has 4 heteroatoms. The van der Waals surface area contributed by atoms with Gasteiger partial charge in [0, 0.05) is 7.11 Å². The van der Waals surface area contributed by atoms with E-state index < -0.39 is 11.9 Å². The Balaban J connectivity index is 2.30. The van der Waals surface area contributed by atoms with Crippen molar-refractivity contribution in [3.8, 4) is 11.5 Å². The molecule has 1 atom stereocenters. The molecule has 1 N–H and O–H groups in total. The fourth-order valence-corrected chi connectivity index (χ4v) is 2.00. The van der Waals surface area contributed by atoms with Gasteiger partial charge in [0.1, 0.15) is 17.3 Å². The fourth-order valence-electron chi connectivity index (χ4n) is 2.00. The summed E-state index contributed by atoms with van der Waals surface area (Å²) in [5.74, 6) is 0.409. The number of ether oxygens (including phenoxy) is 2. The third-order valence-corrected chi connectivity index (χ3v) is 2.87. The second kappa shape index (κ2) is 6.50. The number of aliphatic hydroxyl groups is 1. The Labute approximate surface area is 117 Å². The van der Waals surface area contributed by atoms with Gasteiger partial charge >= 0.3 is 0 Å². The first-order valence-corrected chi connectivity index (χ1v) is 6.34. The molecular formula is C16H17FO3. The normalized spacial score (nSPS) is 12.2. The molecule has 0 radical (unpaired) electrons. The lowest BCUT2D eigenvalue weighted by atomic mass is 10.1. The molecule has 20 heavy (non-hydrogen) atoms. The molecule has 0 aliphatic carbocycles. The van der Waals surface area contributed by atoms with Gasteiger partial charge in [-0.05, 0) is 36.8 Å². The Morgan fingerprint density at radius 2 is 1.95 bits per heavy atom. The van der Waals surface area contributed by atoms with E-state index in [1.807, 2.05) is 18.2 Å². The number of benzene rings is 2. The van der Waals surface area contributed by atoms with E-state index in [0.29, 0.717) is 18.1 Å². The Hall–Kier alpha value is -1.91. The molecule has 0 unspecified atom stereocenters. The first-order valence-electron chi connectivity index (χ1n) is 6.34. The summed E-state index contributed by atoms with van der Waals surface area (Å²) in [6.45, 7) is 1.98. The van der Waals surface area contributed by atoms with Gasteiger partial charge in [0.2, 0.25) is 0 Å². The lowest BCUT2D eigenvalue weighted by molar-refractivity contribution is 0.184. The zero-order valence-corrected chi connectivity index (χ0v) is 11.5. The summed E-state index contributed by atoms with van der Waals surface area (Å²) < 4.78 is 24.5. The van der Waals surface area contributed by atoms with Crippen molar-refractivity contribution in [2.75, 3.05) is 7.11 Å². The van der Waals surface area contributed by atoms with Gasteiger partial charge in [0.15, 0.2) is 0 Å². The Bertz CT molecular complexity index is 582. The van der Waals surface area contributed by atoms with E-state index in [0.717, 1.165) is 5.56 Å². The minimum atomic E-state index is -0.937. The Morgan fingerprint density at radius 3 is 2.65 bits per heavy atom. The molecule has 0 aliphatic rings. The molecule has 2 aromatic carbocycles. The van der Waals surface area contributed by atoms with Crippen LogP contribution in [0.25, 0.3) is 0 Å². The van der Waals surface area contributed by atoms with Crippen LogP contribution in [0, 0.1) is 5.82 Å². The van der Waals surface area contributed by atoms with Crippen LogP contribution >= 0.6 is 0 Å². The van der Waals surface area contributed by atoms with Crippen molar-refractivity contribution in [1.29, 1.82) is 0 Å². The van der Waals surface area contributed by atoms with E-state index in [9.17, 15) is 9.50 Å². The molecular weight excluding hydrogens is 259 g/mol. The summed E-state index contributed by atoms with van der Waals surface area (Å²) in [7, 11) is 1.62. The van der Waals surface area contributed by atoms with Crippen molar-refractivity contribution in [1.82, 2.24) is 0 Å². The lowest BCUT2D eigenvalue weighted by Gasteiger charge is -2.14. The minimum absolute atomic E-state index is 0.157. The maximum atomic E-state index is 13.7. The van der Waals surface area contributed by atoms with Crippen molar-refractivity contribution >= 4 is 0 Å². The predicted octanol–water partition coefficient (Wildman–Crippen LogP) is 3.82. The summed E-state index contributed by atoms with van der Waals surface area (Å²) in [6.07, 6.45) is -0.937. The van der Waals surface area contributed by atoms with E-state index >= 15 is 0 Å². The average Bonchev–Trinajstić information content (AvgIpc) is 2.39. The maximum absolute atomic E-state index is 13.7. The highest BCUT2D eigenvalue weighted by atomic mass is 19.1. The molecule has 0 saturated carbocycles. The molecule has 0 heterocycles. The number of methoxy groups -OCH3 is 1. The van der Waals surface area contributed by atoms with Crippen molar-refractivity contribution in [3.05, 3.63) is 59.4 Å². The van der Waals surface area contributed by atoms with Crippen LogP contribution in [-0.4, -0.2) is 12.2 Å². The van der Waals surface area contributed by atoms with Crippen molar-refractivity contribution in [3.63, 3.8) is 0 Å². The van der Waals surface area contributed by atoms with Gasteiger partial charge in [-0.1, -0.05) is 18.2 Å². The number of rotatable bonds is 5. The van der Waals surface area contributed by atoms with Crippen molar-refractivity contribution in [2.45, 2.75) is 19.6 Å². The summed E-state index contributed by atoms with van der Waals surface area (Å²) >= 11 is 0. The summed E-state index contributed by atoms with van der Waals surface area (Å²) in [5, 5.41) is 9.66. The molecule has 3 nitrogen and oxygen atoms in total. The largest absolute Gasteiger partial charge is 0.457 e. The number of aliphatic hydroxyl groups excluding tert-OH is 1. The van der Waals surface area contributed by atoms with Crippen LogP contribution in [-0.2, 0) is 11.3 Å². The first kappa shape index (κ1) is 14.5.